The van der Waals surface area contributed by atoms with Gasteiger partial charge in [0.2, 0.25) is 0 Å². The molecule has 0 spiro atoms. The molecule has 30 heteroatoms. The summed E-state index contributed by atoms with van der Waals surface area (Å²) in [5.74, 6) is 0.333. The summed E-state index contributed by atoms with van der Waals surface area (Å²) in [5, 5.41) is 6.01. The van der Waals surface area contributed by atoms with Gasteiger partial charge in [-0.1, -0.05) is 47.0 Å². The van der Waals surface area contributed by atoms with Crippen molar-refractivity contribution >= 4 is 74.2 Å². The van der Waals surface area contributed by atoms with Crippen LogP contribution in [-0.2, 0) is 82.5 Å². The molecule has 0 bridgehead atoms. The largest absolute Gasteiger partial charge is 1.00 e. The van der Waals surface area contributed by atoms with E-state index in [1.165, 1.54) is 27.7 Å². The zero-order valence-corrected chi connectivity index (χ0v) is 37.1. The molecule has 0 saturated carbocycles. The molecule has 4 rings (SSSR count). The molecule has 4 aromatic heterocycles. The third kappa shape index (κ3) is 49.1. The minimum Gasteiger partial charge on any atom is 1.00 e. The molecule has 324 valence electrons. The molecule has 0 unspecified atom stereocenters. The van der Waals surface area contributed by atoms with Crippen molar-refractivity contribution < 1.29 is 105 Å². The molecule has 0 aromatic carbocycles. The molecule has 0 radical (unpaired) electrons. The van der Waals surface area contributed by atoms with Gasteiger partial charge in [0, 0.05) is 77.8 Å². The number of carbonyl (C=O) groups is 2. The van der Waals surface area contributed by atoms with Crippen LogP contribution in [0.1, 0.15) is 27.7 Å². The first-order valence-electron chi connectivity index (χ1n) is 13.4. The third-order valence-electron chi connectivity index (χ3n) is 3.86. The maximum atomic E-state index is 9.87. The molecular formula is C24H36Ag2F12N8O2P2S4. The second-order valence-corrected chi connectivity index (χ2v) is 18.2. The number of rotatable bonds is 8. The van der Waals surface area contributed by atoms with E-state index in [0.29, 0.717) is 0 Å². The van der Waals surface area contributed by atoms with Gasteiger partial charge in [-0.05, 0) is 27.7 Å². The first-order valence-corrected chi connectivity index (χ1v) is 21.4. The molecule has 54 heavy (non-hydrogen) atoms. The molecule has 4 heterocycles. The maximum absolute atomic E-state index is 10.7. The minimum atomic E-state index is -10.7. The van der Waals surface area contributed by atoms with E-state index in [1.807, 2.05) is 96.0 Å². The zero-order valence-electron chi connectivity index (χ0n) is 29.1. The van der Waals surface area contributed by atoms with E-state index in [0.717, 1.165) is 30.8 Å². The van der Waals surface area contributed by atoms with Crippen LogP contribution in [-0.4, -0.2) is 59.9 Å². The minimum absolute atomic E-state index is 0. The van der Waals surface area contributed by atoms with Gasteiger partial charge in [-0.15, -0.1) is 0 Å². The van der Waals surface area contributed by atoms with E-state index < -0.39 is 15.6 Å². The summed E-state index contributed by atoms with van der Waals surface area (Å²) >= 11 is 6.89. The third-order valence-corrected chi connectivity index (χ3v) is 8.35. The van der Waals surface area contributed by atoms with Crippen molar-refractivity contribution in [1.29, 1.82) is 0 Å². The molecule has 0 atom stereocenters. The van der Waals surface area contributed by atoms with Gasteiger partial charge in [0.25, 0.3) is 0 Å². The van der Waals surface area contributed by atoms with Crippen LogP contribution < -0.4 is 0 Å². The smallest absolute Gasteiger partial charge is 1.00 e. The summed E-state index contributed by atoms with van der Waals surface area (Å²) in [6.07, 6.45) is 15.1. The van der Waals surface area contributed by atoms with Crippen LogP contribution in [0.5, 0.6) is 0 Å². The number of hydrogen-bond acceptors (Lipinski definition) is 10. The molecule has 10 nitrogen and oxygen atoms in total. The summed E-state index contributed by atoms with van der Waals surface area (Å²) < 4.78 is 126. The molecule has 0 aliphatic carbocycles. The fraction of sp³-hybridized carbons (Fsp3) is 0.417. The van der Waals surface area contributed by atoms with Crippen molar-refractivity contribution in [3.63, 3.8) is 0 Å². The Hall–Kier alpha value is -0.919. The Balaban J connectivity index is -0.000000299. The summed E-state index contributed by atoms with van der Waals surface area (Å²) in [4.78, 5) is 35.9. The van der Waals surface area contributed by atoms with Gasteiger partial charge < -0.3 is 27.9 Å². The van der Waals surface area contributed by atoms with Crippen LogP contribution >= 0.6 is 62.7 Å². The Kier molecular flexibility index (Phi) is 25.3. The second-order valence-electron chi connectivity index (χ2n) is 9.83. The van der Waals surface area contributed by atoms with E-state index in [9.17, 15) is 60.0 Å². The molecule has 0 fully saturated rings. The molecule has 0 aliphatic rings. The molecule has 0 saturated heterocycles. The summed E-state index contributed by atoms with van der Waals surface area (Å²) in [6, 6.07) is 0. The normalized spacial score (nSPS) is 13.0. The van der Waals surface area contributed by atoms with E-state index >= 15 is 0 Å². The molecule has 0 aliphatic heterocycles. The predicted molar refractivity (Wildman–Crippen MR) is 186 cm³/mol. The summed E-state index contributed by atoms with van der Waals surface area (Å²) in [6.45, 7) is 6.11. The van der Waals surface area contributed by atoms with Crippen molar-refractivity contribution in [2.75, 3.05) is 10.2 Å². The Labute approximate surface area is 351 Å². The van der Waals surface area contributed by atoms with Gasteiger partial charge in [0.05, 0.1) is 10.2 Å². The van der Waals surface area contributed by atoms with Gasteiger partial charge >= 0.3 is 111 Å². The number of halogens is 12. The van der Waals surface area contributed by atoms with Crippen LogP contribution in [0.25, 0.3) is 0 Å². The molecule has 0 amide bonds. The summed E-state index contributed by atoms with van der Waals surface area (Å²) in [5.41, 5.74) is 0. The number of imidazole rings is 4. The van der Waals surface area contributed by atoms with Crippen molar-refractivity contribution in [1.82, 2.24) is 38.2 Å². The number of aromatic nitrogens is 8. The fourth-order valence-corrected chi connectivity index (χ4v) is 5.99. The first-order chi connectivity index (χ1) is 22.9. The monoisotopic (exact) mass is 1100 g/mol. The number of aryl methyl sites for hydroxylation is 4. The average Bonchev–Trinajstić information content (AvgIpc) is 3.68. The van der Waals surface area contributed by atoms with E-state index in [-0.39, 0.29) is 56.3 Å². The number of ketones is 2. The molecular weight excluding hydrogens is 1070 g/mol. The van der Waals surface area contributed by atoms with Crippen molar-refractivity contribution in [3.05, 3.63) is 49.6 Å². The van der Waals surface area contributed by atoms with Crippen LogP contribution in [0, 0.1) is 0 Å². The number of Topliss-reactive ketones (excluding diaryl/α,β-unsaturated/α-hetero) is 2. The van der Waals surface area contributed by atoms with Gasteiger partial charge in [0.1, 0.15) is 11.6 Å². The maximum Gasteiger partial charge on any atom is 1.00 e. The second kappa shape index (κ2) is 22.9. The van der Waals surface area contributed by atoms with Crippen LogP contribution in [0.2, 0.25) is 0 Å². The fourth-order valence-electron chi connectivity index (χ4n) is 2.23. The summed E-state index contributed by atoms with van der Waals surface area (Å²) in [7, 11) is -13.3. The van der Waals surface area contributed by atoms with Gasteiger partial charge in [-0.25, -0.2) is 19.9 Å². The van der Waals surface area contributed by atoms with Crippen LogP contribution in [0.3, 0.4) is 0 Å². The van der Waals surface area contributed by atoms with E-state index in [2.05, 4.69) is 19.9 Å². The number of thioether (sulfide) groups is 4. The van der Waals surface area contributed by atoms with E-state index in [1.54, 1.807) is 47.0 Å². The van der Waals surface area contributed by atoms with Crippen LogP contribution in [0.4, 0.5) is 50.4 Å². The quantitative estimate of drug-likeness (QED) is 0.0557. The topological polar surface area (TPSA) is 105 Å². The SMILES string of the molecule is CC(C)=O.CC(C)=O.Cn1ccnc1SCSc1nccn1C.Cn1ccnc1SCSc1nccn1C.F[P-](F)(F)(F)(F)F.F[P-](F)(F)(F)(F)F.[Ag+].[Ag+]. The van der Waals surface area contributed by atoms with Crippen molar-refractivity contribution in [2.45, 2.75) is 48.3 Å². The first kappa shape index (κ1) is 59.8. The van der Waals surface area contributed by atoms with Gasteiger partial charge in [0.15, 0.2) is 20.6 Å². The Morgan fingerprint density at radius 1 is 0.463 bits per heavy atom. The Morgan fingerprint density at radius 3 is 0.685 bits per heavy atom. The van der Waals surface area contributed by atoms with Gasteiger partial charge in [-0.3, -0.25) is 0 Å². The predicted octanol–water partition coefficient (Wildman–Crippen LogP) is 11.9. The number of hydrogen-bond donors (Lipinski definition) is 0. The Morgan fingerprint density at radius 2 is 0.593 bits per heavy atom. The molecule has 4 aromatic rings. The standard InChI is InChI=1S/2C9H12N4S2.2C3H6O.2Ag.2F6P/c2*1-12-5-3-10-8(12)14-7-15-9-11-4-6-13(9)2;2*1-3(2)4;;;2*1-7(2,3,4,5)6/h2*3-6H,7H2,1-2H3;2*1-2H3;;;;/q;;;;2*+1;2*-1. The van der Waals surface area contributed by atoms with Crippen molar-refractivity contribution in [2.24, 2.45) is 28.2 Å². The Bertz CT molecular complexity index is 1460. The van der Waals surface area contributed by atoms with Crippen molar-refractivity contribution in [3.8, 4) is 0 Å². The van der Waals surface area contributed by atoms with E-state index in [4.69, 9.17) is 0 Å². The average molecular weight is 1100 g/mol. The van der Waals surface area contributed by atoms with Crippen LogP contribution in [0.15, 0.2) is 70.2 Å². The number of nitrogens with zero attached hydrogens (tertiary/aromatic N) is 8. The molecule has 0 N–H and O–H groups in total. The number of carbonyl (C=O) groups excluding carboxylic acids is 2. The zero-order chi connectivity index (χ0) is 41.3. The van der Waals surface area contributed by atoms with Gasteiger partial charge in [-0.2, -0.15) is 0 Å².